The lowest BCUT2D eigenvalue weighted by molar-refractivity contribution is 0.660. The summed E-state index contributed by atoms with van der Waals surface area (Å²) in [6, 6.07) is 90.7. The minimum absolute atomic E-state index is 0.0855. The van der Waals surface area contributed by atoms with Gasteiger partial charge in [-0.2, -0.15) is 0 Å². The monoisotopic (exact) mass is 817 g/mol. The van der Waals surface area contributed by atoms with Gasteiger partial charge in [0.25, 0.3) is 0 Å². The third-order valence-corrected chi connectivity index (χ3v) is 13.1. The highest BCUT2D eigenvalue weighted by Gasteiger charge is 2.35. The smallest absolute Gasteiger partial charge is 0.0468 e. The lowest BCUT2D eigenvalue weighted by Gasteiger charge is -2.27. The van der Waals surface area contributed by atoms with Gasteiger partial charge in [-0.1, -0.05) is 220 Å². The molecule has 0 heterocycles. The fraction of sp³-hybridized carbons (Fsp3) is 0.0476. The van der Waals surface area contributed by atoms with Crippen LogP contribution in [0.3, 0.4) is 0 Å². The summed E-state index contributed by atoms with van der Waals surface area (Å²) in [7, 11) is 0. The number of rotatable bonds is 9. The van der Waals surface area contributed by atoms with Crippen molar-refractivity contribution in [2.45, 2.75) is 19.3 Å². The van der Waals surface area contributed by atoms with E-state index in [0.717, 1.165) is 17.1 Å². The second-order valence-corrected chi connectivity index (χ2v) is 17.3. The largest absolute Gasteiger partial charge is 0.310 e. The van der Waals surface area contributed by atoms with Gasteiger partial charge in [0.05, 0.1) is 0 Å². The van der Waals surface area contributed by atoms with E-state index in [1.165, 1.54) is 89.0 Å². The summed E-state index contributed by atoms with van der Waals surface area (Å²) >= 11 is 0. The van der Waals surface area contributed by atoms with Crippen molar-refractivity contribution in [3.63, 3.8) is 0 Å². The van der Waals surface area contributed by atoms with Crippen LogP contribution in [0.1, 0.15) is 25.0 Å². The van der Waals surface area contributed by atoms with Crippen LogP contribution < -0.4 is 4.90 Å². The van der Waals surface area contributed by atoms with Crippen LogP contribution in [-0.2, 0) is 5.41 Å². The highest BCUT2D eigenvalue weighted by molar-refractivity contribution is 5.92. The number of hydrogen-bond acceptors (Lipinski definition) is 1. The molecule has 0 saturated heterocycles. The molecule has 304 valence electrons. The van der Waals surface area contributed by atoms with Crippen molar-refractivity contribution >= 4 is 17.1 Å². The molecule has 0 N–H and O–H groups in total. The molecular formula is C63H47N. The van der Waals surface area contributed by atoms with Crippen molar-refractivity contribution in [1.29, 1.82) is 0 Å². The van der Waals surface area contributed by atoms with Crippen LogP contribution in [0.15, 0.2) is 249 Å². The molecule has 0 radical (unpaired) electrons. The summed E-state index contributed by atoms with van der Waals surface area (Å²) in [4.78, 5) is 2.39. The Balaban J connectivity index is 0.994. The van der Waals surface area contributed by atoms with Gasteiger partial charge < -0.3 is 4.90 Å². The van der Waals surface area contributed by atoms with E-state index in [1.54, 1.807) is 0 Å². The Bertz CT molecular complexity index is 3090. The first-order chi connectivity index (χ1) is 31.5. The molecule has 1 aliphatic carbocycles. The van der Waals surface area contributed by atoms with Crippen molar-refractivity contribution in [2.75, 3.05) is 4.90 Å². The Morgan fingerprint density at radius 3 is 1.06 bits per heavy atom. The van der Waals surface area contributed by atoms with Crippen LogP contribution >= 0.6 is 0 Å². The predicted octanol–water partition coefficient (Wildman–Crippen LogP) is 17.5. The average Bonchev–Trinajstić information content (AvgIpc) is 3.60. The molecule has 64 heavy (non-hydrogen) atoms. The molecule has 0 aromatic heterocycles. The predicted molar refractivity (Wildman–Crippen MR) is 271 cm³/mol. The van der Waals surface area contributed by atoms with E-state index in [4.69, 9.17) is 0 Å². The van der Waals surface area contributed by atoms with Gasteiger partial charge in [0.2, 0.25) is 0 Å². The number of benzene rings is 10. The third-order valence-electron chi connectivity index (χ3n) is 13.1. The molecule has 0 amide bonds. The SMILES string of the molecule is CC1(C)c2ccccc2-c2ccc(-c3ccc(N(c4ccc(-c5ccc(-c6ccccc6)cc5)cc4)c4ccc(-c5ccc(-c6ccccc6)cc5)cc4)cc3-c3ccccc3)cc21. The Hall–Kier alpha value is -8.00. The number of anilines is 3. The number of hydrogen-bond donors (Lipinski definition) is 0. The molecular weight excluding hydrogens is 771 g/mol. The van der Waals surface area contributed by atoms with E-state index in [2.05, 4.69) is 267 Å². The minimum Gasteiger partial charge on any atom is -0.310 e. The van der Waals surface area contributed by atoms with Crippen LogP contribution in [0.2, 0.25) is 0 Å². The van der Waals surface area contributed by atoms with Gasteiger partial charge in [-0.25, -0.2) is 0 Å². The van der Waals surface area contributed by atoms with E-state index < -0.39 is 0 Å². The summed E-state index contributed by atoms with van der Waals surface area (Å²) in [5, 5.41) is 0. The summed E-state index contributed by atoms with van der Waals surface area (Å²) in [5.74, 6) is 0. The van der Waals surface area contributed by atoms with E-state index in [0.29, 0.717) is 0 Å². The Labute approximate surface area is 377 Å². The molecule has 10 aromatic carbocycles. The first-order valence-electron chi connectivity index (χ1n) is 22.2. The van der Waals surface area contributed by atoms with Crippen LogP contribution in [0.4, 0.5) is 17.1 Å². The van der Waals surface area contributed by atoms with E-state index >= 15 is 0 Å². The zero-order valence-corrected chi connectivity index (χ0v) is 36.1. The van der Waals surface area contributed by atoms with Gasteiger partial charge in [-0.05, 0) is 131 Å². The second-order valence-electron chi connectivity index (χ2n) is 17.3. The summed E-state index contributed by atoms with van der Waals surface area (Å²) < 4.78 is 0. The lowest BCUT2D eigenvalue weighted by atomic mass is 9.81. The van der Waals surface area contributed by atoms with Crippen molar-refractivity contribution in [1.82, 2.24) is 0 Å². The molecule has 0 aliphatic heterocycles. The van der Waals surface area contributed by atoms with Crippen LogP contribution in [0.5, 0.6) is 0 Å². The van der Waals surface area contributed by atoms with Crippen molar-refractivity contribution < 1.29 is 0 Å². The van der Waals surface area contributed by atoms with Gasteiger partial charge in [-0.3, -0.25) is 0 Å². The molecule has 10 aromatic rings. The van der Waals surface area contributed by atoms with Crippen LogP contribution in [-0.4, -0.2) is 0 Å². The van der Waals surface area contributed by atoms with Crippen molar-refractivity contribution in [3.05, 3.63) is 260 Å². The second kappa shape index (κ2) is 16.4. The van der Waals surface area contributed by atoms with Gasteiger partial charge in [-0.15, -0.1) is 0 Å². The number of nitrogens with zero attached hydrogens (tertiary/aromatic N) is 1. The molecule has 0 spiro atoms. The molecule has 1 aliphatic rings. The fourth-order valence-electron chi connectivity index (χ4n) is 9.68. The van der Waals surface area contributed by atoms with E-state index in [-0.39, 0.29) is 5.41 Å². The Morgan fingerprint density at radius 1 is 0.234 bits per heavy atom. The van der Waals surface area contributed by atoms with Crippen molar-refractivity contribution in [3.8, 4) is 77.9 Å². The van der Waals surface area contributed by atoms with Gasteiger partial charge in [0.15, 0.2) is 0 Å². The zero-order valence-electron chi connectivity index (χ0n) is 36.1. The minimum atomic E-state index is -0.0855. The first-order valence-corrected chi connectivity index (χ1v) is 22.2. The maximum Gasteiger partial charge on any atom is 0.0468 e. The summed E-state index contributed by atoms with van der Waals surface area (Å²) in [5.41, 5.74) is 23.1. The fourth-order valence-corrected chi connectivity index (χ4v) is 9.68. The molecule has 0 fully saturated rings. The summed E-state index contributed by atoms with van der Waals surface area (Å²) in [6.07, 6.45) is 0. The van der Waals surface area contributed by atoms with Gasteiger partial charge in [0.1, 0.15) is 0 Å². The quantitative estimate of drug-likeness (QED) is 0.140. The normalized spacial score (nSPS) is 12.3. The molecule has 0 atom stereocenters. The molecule has 11 rings (SSSR count). The lowest BCUT2D eigenvalue weighted by Crippen LogP contribution is -2.14. The molecule has 1 nitrogen and oxygen atoms in total. The number of fused-ring (bicyclic) bond motifs is 3. The highest BCUT2D eigenvalue weighted by Crippen LogP contribution is 2.50. The Morgan fingerprint density at radius 2 is 0.578 bits per heavy atom. The standard InChI is InChI=1S/C63H47N/c1-63(2)61-21-13-12-20-58(61)59-40-34-53(42-62(59)63)57-41-39-56(43-60(57)52-18-10-5-11-19-52)64(54-35-30-50(31-36-54)48-26-22-46(23-27-48)44-14-6-3-7-15-44)55-37-32-51(33-38-55)49-28-24-47(25-29-49)45-16-8-4-9-17-45/h3-43H,1-2H3. The Kier molecular flexibility index (Phi) is 9.94. The first kappa shape index (κ1) is 38.9. The molecule has 0 bridgehead atoms. The molecule has 1 heteroatoms. The third kappa shape index (κ3) is 7.21. The van der Waals surface area contributed by atoms with Crippen molar-refractivity contribution in [2.24, 2.45) is 0 Å². The van der Waals surface area contributed by atoms with Crippen LogP contribution in [0, 0.1) is 0 Å². The van der Waals surface area contributed by atoms with Crippen LogP contribution in [0.25, 0.3) is 77.9 Å². The maximum atomic E-state index is 2.44. The summed E-state index contributed by atoms with van der Waals surface area (Å²) in [6.45, 7) is 4.72. The van der Waals surface area contributed by atoms with Gasteiger partial charge in [0, 0.05) is 22.5 Å². The van der Waals surface area contributed by atoms with E-state index in [9.17, 15) is 0 Å². The maximum absolute atomic E-state index is 2.44. The van der Waals surface area contributed by atoms with E-state index in [1.807, 2.05) is 0 Å². The molecule has 0 saturated carbocycles. The molecule has 0 unspecified atom stereocenters. The zero-order chi connectivity index (χ0) is 43.0. The van der Waals surface area contributed by atoms with Gasteiger partial charge >= 0.3 is 0 Å². The average molecular weight is 818 g/mol. The topological polar surface area (TPSA) is 3.24 Å². The highest BCUT2D eigenvalue weighted by atomic mass is 15.1.